The molecule has 0 radical (unpaired) electrons. The van der Waals surface area contributed by atoms with E-state index in [-0.39, 0.29) is 5.41 Å². The number of carbonyl (C=O) groups is 1. The Morgan fingerprint density at radius 1 is 0.960 bits per heavy atom. The van der Waals surface area contributed by atoms with Crippen molar-refractivity contribution in [3.05, 3.63) is 0 Å². The van der Waals surface area contributed by atoms with Crippen molar-refractivity contribution < 1.29 is 9.90 Å². The van der Waals surface area contributed by atoms with Gasteiger partial charge in [-0.25, -0.2) is 0 Å². The van der Waals surface area contributed by atoms with E-state index in [9.17, 15) is 9.90 Å². The first-order valence-electron chi connectivity index (χ1n) is 11.0. The van der Waals surface area contributed by atoms with Crippen LogP contribution in [0.25, 0.3) is 0 Å². The summed E-state index contributed by atoms with van der Waals surface area (Å²) >= 11 is 0. The van der Waals surface area contributed by atoms with E-state index >= 15 is 0 Å². The molecule has 1 N–H and O–H groups in total. The fraction of sp³-hybridized carbons (Fsp3) is 0.957. The number of fused-ring (bicyclic) bond motifs is 5. The molecule has 0 heterocycles. The Morgan fingerprint density at radius 2 is 1.68 bits per heavy atom. The van der Waals surface area contributed by atoms with Gasteiger partial charge in [0.2, 0.25) is 0 Å². The molecule has 0 saturated heterocycles. The molecule has 2 nitrogen and oxygen atoms in total. The molecule has 0 spiro atoms. The van der Waals surface area contributed by atoms with Gasteiger partial charge >= 0.3 is 0 Å². The highest BCUT2D eigenvalue weighted by Gasteiger charge is 2.61. The van der Waals surface area contributed by atoms with Crippen LogP contribution in [0.1, 0.15) is 91.9 Å². The summed E-state index contributed by atoms with van der Waals surface area (Å²) in [5, 5.41) is 10.9. The van der Waals surface area contributed by atoms with Crippen molar-refractivity contribution in [2.75, 3.05) is 0 Å². The van der Waals surface area contributed by atoms with Crippen LogP contribution in [0.15, 0.2) is 0 Å². The third-order valence-electron chi connectivity index (χ3n) is 9.97. The minimum atomic E-state index is -0.396. The zero-order chi connectivity index (χ0) is 18.0. The second-order valence-electron chi connectivity index (χ2n) is 10.7. The molecule has 2 heteroatoms. The van der Waals surface area contributed by atoms with E-state index < -0.39 is 5.60 Å². The minimum absolute atomic E-state index is 0.273. The molecule has 4 aliphatic carbocycles. The van der Waals surface area contributed by atoms with Crippen LogP contribution in [-0.2, 0) is 4.79 Å². The molecule has 142 valence electrons. The van der Waals surface area contributed by atoms with Crippen LogP contribution < -0.4 is 0 Å². The fourth-order valence-corrected chi connectivity index (χ4v) is 8.31. The molecule has 0 aromatic carbocycles. The molecular weight excluding hydrogens is 308 g/mol. The molecule has 4 rings (SSSR count). The van der Waals surface area contributed by atoms with Gasteiger partial charge < -0.3 is 5.11 Å². The van der Waals surface area contributed by atoms with Gasteiger partial charge in [0.1, 0.15) is 5.78 Å². The number of hydrogen-bond donors (Lipinski definition) is 1. The Bertz CT molecular complexity index is 556. The van der Waals surface area contributed by atoms with Crippen molar-refractivity contribution in [2.45, 2.75) is 97.5 Å². The van der Waals surface area contributed by atoms with Gasteiger partial charge in [0, 0.05) is 5.92 Å². The van der Waals surface area contributed by atoms with Crippen molar-refractivity contribution in [2.24, 2.45) is 40.4 Å². The fourth-order valence-electron chi connectivity index (χ4n) is 8.31. The van der Waals surface area contributed by atoms with Crippen molar-refractivity contribution in [3.63, 3.8) is 0 Å². The Kier molecular flexibility index (Phi) is 4.19. The van der Waals surface area contributed by atoms with Gasteiger partial charge in [-0.15, -0.1) is 0 Å². The second-order valence-corrected chi connectivity index (χ2v) is 10.7. The first kappa shape index (κ1) is 18.0. The quantitative estimate of drug-likeness (QED) is 0.729. The van der Waals surface area contributed by atoms with Crippen LogP contribution in [-0.4, -0.2) is 16.5 Å². The highest BCUT2D eigenvalue weighted by atomic mass is 16.3. The van der Waals surface area contributed by atoms with Crippen LogP contribution in [0.4, 0.5) is 0 Å². The van der Waals surface area contributed by atoms with Crippen molar-refractivity contribution in [1.29, 1.82) is 0 Å². The number of rotatable bonds is 2. The van der Waals surface area contributed by atoms with Crippen molar-refractivity contribution in [3.8, 4) is 0 Å². The van der Waals surface area contributed by atoms with E-state index in [2.05, 4.69) is 20.8 Å². The van der Waals surface area contributed by atoms with E-state index in [0.717, 1.165) is 43.4 Å². The molecule has 0 aromatic heterocycles. The molecule has 4 fully saturated rings. The van der Waals surface area contributed by atoms with Gasteiger partial charge in [-0.3, -0.25) is 4.79 Å². The monoisotopic (exact) mass is 346 g/mol. The number of Topliss-reactive ketones (excluding diaryl/α,β-unsaturated/α-hetero) is 1. The molecule has 4 saturated carbocycles. The predicted octanol–water partition coefficient (Wildman–Crippen LogP) is 5.38. The van der Waals surface area contributed by atoms with Crippen molar-refractivity contribution in [1.82, 2.24) is 0 Å². The lowest BCUT2D eigenvalue weighted by atomic mass is 9.43. The molecule has 0 amide bonds. The number of ketones is 1. The molecule has 0 aliphatic heterocycles. The van der Waals surface area contributed by atoms with Crippen LogP contribution >= 0.6 is 0 Å². The van der Waals surface area contributed by atoms with Crippen LogP contribution in [0, 0.1) is 40.4 Å². The van der Waals surface area contributed by atoms with Gasteiger partial charge in [-0.05, 0) is 106 Å². The highest BCUT2D eigenvalue weighted by Crippen LogP contribution is 2.68. The Hall–Kier alpha value is -0.370. The zero-order valence-corrected chi connectivity index (χ0v) is 16.8. The SMILES string of the molecule is CC[C@@]1(O)CC[C@]2(C)C3CC[C@@]4(C)C(CC[C@@H]4C(C)=O)C3CC[C@@H]2C1. The maximum atomic E-state index is 12.2. The highest BCUT2D eigenvalue weighted by molar-refractivity contribution is 5.79. The lowest BCUT2D eigenvalue weighted by Gasteiger charge is -2.62. The summed E-state index contributed by atoms with van der Waals surface area (Å²) in [5.74, 6) is 3.90. The van der Waals surface area contributed by atoms with Gasteiger partial charge in [0.15, 0.2) is 0 Å². The van der Waals surface area contributed by atoms with Gasteiger partial charge in [0.25, 0.3) is 0 Å². The third-order valence-corrected chi connectivity index (χ3v) is 9.97. The van der Waals surface area contributed by atoms with Crippen LogP contribution in [0.5, 0.6) is 0 Å². The van der Waals surface area contributed by atoms with E-state index in [0.29, 0.717) is 23.0 Å². The van der Waals surface area contributed by atoms with Gasteiger partial charge in [0.05, 0.1) is 5.60 Å². The minimum Gasteiger partial charge on any atom is -0.390 e. The summed E-state index contributed by atoms with van der Waals surface area (Å²) in [6, 6.07) is 0. The summed E-state index contributed by atoms with van der Waals surface area (Å²) in [5.41, 5.74) is 0.308. The van der Waals surface area contributed by atoms with E-state index in [1.165, 1.54) is 38.5 Å². The molecule has 25 heavy (non-hydrogen) atoms. The van der Waals surface area contributed by atoms with Crippen LogP contribution in [0.2, 0.25) is 0 Å². The Balaban J connectivity index is 1.59. The standard InChI is InChI=1S/C23H38O2/c1-5-23(25)13-12-21(3)16(14-23)6-7-17-19-9-8-18(15(2)24)22(19,4)11-10-20(17)21/h16-20,25H,5-14H2,1-4H3/t16-,17?,18-,19?,20?,21+,22-,23-/m1/s1. The molecular formula is C23H38O2. The van der Waals surface area contributed by atoms with Gasteiger partial charge in [-0.1, -0.05) is 20.8 Å². The van der Waals surface area contributed by atoms with E-state index in [4.69, 9.17) is 0 Å². The van der Waals surface area contributed by atoms with Crippen LogP contribution in [0.3, 0.4) is 0 Å². The summed E-state index contributed by atoms with van der Waals surface area (Å²) in [6.07, 6.45) is 11.8. The smallest absolute Gasteiger partial charge is 0.133 e. The third kappa shape index (κ3) is 2.49. The molecule has 0 aromatic rings. The average Bonchev–Trinajstić information content (AvgIpc) is 2.93. The van der Waals surface area contributed by atoms with Gasteiger partial charge in [-0.2, -0.15) is 0 Å². The summed E-state index contributed by atoms with van der Waals surface area (Å²) in [7, 11) is 0. The summed E-state index contributed by atoms with van der Waals surface area (Å²) in [4.78, 5) is 12.2. The lowest BCUT2D eigenvalue weighted by molar-refractivity contribution is -0.154. The molecule has 0 bridgehead atoms. The Morgan fingerprint density at radius 3 is 2.36 bits per heavy atom. The molecule has 4 aliphatic rings. The predicted molar refractivity (Wildman–Crippen MR) is 101 cm³/mol. The number of aliphatic hydroxyl groups is 1. The molecule has 8 atom stereocenters. The zero-order valence-electron chi connectivity index (χ0n) is 16.8. The van der Waals surface area contributed by atoms with E-state index in [1.54, 1.807) is 0 Å². The maximum Gasteiger partial charge on any atom is 0.133 e. The largest absolute Gasteiger partial charge is 0.390 e. The first-order chi connectivity index (χ1) is 11.7. The first-order valence-corrected chi connectivity index (χ1v) is 11.0. The topological polar surface area (TPSA) is 37.3 Å². The number of hydrogen-bond acceptors (Lipinski definition) is 2. The maximum absolute atomic E-state index is 12.2. The Labute approximate surface area is 154 Å². The average molecular weight is 347 g/mol. The normalized spacial score (nSPS) is 55.2. The summed E-state index contributed by atoms with van der Waals surface area (Å²) < 4.78 is 0. The van der Waals surface area contributed by atoms with E-state index in [1.807, 2.05) is 6.92 Å². The second kappa shape index (κ2) is 5.81. The number of carbonyl (C=O) groups excluding carboxylic acids is 1. The summed E-state index contributed by atoms with van der Waals surface area (Å²) in [6.45, 7) is 8.98. The van der Waals surface area contributed by atoms with Crippen molar-refractivity contribution >= 4 is 5.78 Å². The molecule has 3 unspecified atom stereocenters. The lowest BCUT2D eigenvalue weighted by Crippen LogP contribution is -2.56.